The SMILES string of the molecule is CCCCc1nc(Cl)c(CNc2cc(F)ccc2F)[nH]1. The molecule has 0 aliphatic rings. The second kappa shape index (κ2) is 6.70. The molecule has 3 nitrogen and oxygen atoms in total. The Kier molecular flexibility index (Phi) is 4.95. The molecular formula is C14H16ClF2N3. The van der Waals surface area contributed by atoms with Gasteiger partial charge in [0.1, 0.15) is 17.5 Å². The Morgan fingerprint density at radius 2 is 2.15 bits per heavy atom. The Morgan fingerprint density at radius 3 is 2.90 bits per heavy atom. The Morgan fingerprint density at radius 1 is 1.35 bits per heavy atom. The van der Waals surface area contributed by atoms with E-state index in [1.54, 1.807) is 0 Å². The fraction of sp³-hybridized carbons (Fsp3) is 0.357. The normalized spacial score (nSPS) is 10.8. The van der Waals surface area contributed by atoms with Gasteiger partial charge < -0.3 is 10.3 Å². The van der Waals surface area contributed by atoms with Crippen LogP contribution in [-0.2, 0) is 13.0 Å². The summed E-state index contributed by atoms with van der Waals surface area (Å²) in [5, 5.41) is 3.17. The number of aromatic amines is 1. The number of halogens is 3. The van der Waals surface area contributed by atoms with E-state index >= 15 is 0 Å². The number of hydrogen-bond acceptors (Lipinski definition) is 2. The molecule has 20 heavy (non-hydrogen) atoms. The molecule has 1 aromatic carbocycles. The predicted molar refractivity (Wildman–Crippen MR) is 75.9 cm³/mol. The van der Waals surface area contributed by atoms with E-state index in [1.165, 1.54) is 0 Å². The van der Waals surface area contributed by atoms with E-state index < -0.39 is 11.6 Å². The van der Waals surface area contributed by atoms with Gasteiger partial charge in [0.05, 0.1) is 17.9 Å². The highest BCUT2D eigenvalue weighted by Gasteiger charge is 2.09. The molecule has 0 bridgehead atoms. The average molecular weight is 300 g/mol. The smallest absolute Gasteiger partial charge is 0.152 e. The number of aromatic nitrogens is 2. The topological polar surface area (TPSA) is 40.7 Å². The van der Waals surface area contributed by atoms with Gasteiger partial charge in [0.15, 0.2) is 5.15 Å². The minimum Gasteiger partial charge on any atom is -0.377 e. The zero-order valence-corrected chi connectivity index (χ0v) is 11.9. The maximum absolute atomic E-state index is 13.5. The van der Waals surface area contributed by atoms with Crippen LogP contribution in [0.1, 0.15) is 31.3 Å². The van der Waals surface area contributed by atoms with Crippen LogP contribution >= 0.6 is 11.6 Å². The monoisotopic (exact) mass is 299 g/mol. The fourth-order valence-corrected chi connectivity index (χ4v) is 2.05. The van der Waals surface area contributed by atoms with E-state index in [4.69, 9.17) is 11.6 Å². The van der Waals surface area contributed by atoms with Crippen molar-refractivity contribution in [2.24, 2.45) is 0 Å². The summed E-state index contributed by atoms with van der Waals surface area (Å²) >= 11 is 6.01. The van der Waals surface area contributed by atoms with Crippen molar-refractivity contribution < 1.29 is 8.78 Å². The molecule has 0 radical (unpaired) electrons. The first-order valence-electron chi connectivity index (χ1n) is 6.52. The number of hydrogen-bond donors (Lipinski definition) is 2. The number of benzene rings is 1. The second-order valence-electron chi connectivity index (χ2n) is 4.53. The zero-order chi connectivity index (χ0) is 14.5. The first-order chi connectivity index (χ1) is 9.60. The van der Waals surface area contributed by atoms with Gasteiger partial charge in [0, 0.05) is 6.42 Å². The molecule has 0 atom stereocenters. The lowest BCUT2D eigenvalue weighted by Crippen LogP contribution is -2.03. The zero-order valence-electron chi connectivity index (χ0n) is 11.1. The number of nitrogens with zero attached hydrogens (tertiary/aromatic N) is 1. The fourth-order valence-electron chi connectivity index (χ4n) is 1.84. The highest BCUT2D eigenvalue weighted by molar-refractivity contribution is 6.30. The summed E-state index contributed by atoms with van der Waals surface area (Å²) in [5.41, 5.74) is 0.771. The Labute approximate surface area is 121 Å². The van der Waals surface area contributed by atoms with Gasteiger partial charge in [0.25, 0.3) is 0 Å². The third-order valence-electron chi connectivity index (χ3n) is 2.93. The third kappa shape index (κ3) is 3.70. The summed E-state index contributed by atoms with van der Waals surface area (Å²) in [6.45, 7) is 2.36. The maximum atomic E-state index is 13.5. The lowest BCUT2D eigenvalue weighted by molar-refractivity contribution is 0.602. The molecule has 2 N–H and O–H groups in total. The largest absolute Gasteiger partial charge is 0.377 e. The van der Waals surface area contributed by atoms with Crippen LogP contribution in [0.25, 0.3) is 0 Å². The number of aryl methyl sites for hydroxylation is 1. The lowest BCUT2D eigenvalue weighted by Gasteiger charge is -2.06. The van der Waals surface area contributed by atoms with Crippen molar-refractivity contribution in [3.05, 3.63) is 46.5 Å². The molecule has 2 aromatic rings. The van der Waals surface area contributed by atoms with Crippen molar-refractivity contribution >= 4 is 17.3 Å². The van der Waals surface area contributed by atoms with Crippen LogP contribution in [0.15, 0.2) is 18.2 Å². The number of nitrogens with one attached hydrogen (secondary N) is 2. The average Bonchev–Trinajstić information content (AvgIpc) is 2.78. The number of imidazole rings is 1. The molecule has 2 rings (SSSR count). The van der Waals surface area contributed by atoms with Crippen LogP contribution in [0.4, 0.5) is 14.5 Å². The van der Waals surface area contributed by atoms with Gasteiger partial charge >= 0.3 is 0 Å². The quantitative estimate of drug-likeness (QED) is 0.835. The van der Waals surface area contributed by atoms with Crippen LogP contribution < -0.4 is 5.32 Å². The Balaban J connectivity index is 2.03. The molecular weight excluding hydrogens is 284 g/mol. The van der Waals surface area contributed by atoms with Crippen molar-refractivity contribution in [1.82, 2.24) is 9.97 Å². The first-order valence-corrected chi connectivity index (χ1v) is 6.90. The number of unbranched alkanes of at least 4 members (excludes halogenated alkanes) is 1. The molecule has 0 spiro atoms. The minimum absolute atomic E-state index is 0.103. The van der Waals surface area contributed by atoms with E-state index in [1.807, 2.05) is 0 Å². The summed E-state index contributed by atoms with van der Waals surface area (Å²) in [7, 11) is 0. The van der Waals surface area contributed by atoms with Gasteiger partial charge in [-0.25, -0.2) is 13.8 Å². The first kappa shape index (κ1) is 14.8. The summed E-state index contributed by atoms with van der Waals surface area (Å²) in [4.78, 5) is 7.30. The van der Waals surface area contributed by atoms with Crippen LogP contribution in [0, 0.1) is 11.6 Å². The highest BCUT2D eigenvalue weighted by Crippen LogP contribution is 2.19. The van der Waals surface area contributed by atoms with Crippen molar-refractivity contribution in [1.29, 1.82) is 0 Å². The number of rotatable bonds is 6. The standard InChI is InChI=1S/C14H16ClF2N3/c1-2-3-4-13-19-12(14(15)20-13)8-18-11-7-9(16)5-6-10(11)17/h5-7,18H,2-4,8H2,1H3,(H,19,20). The van der Waals surface area contributed by atoms with E-state index in [9.17, 15) is 8.78 Å². The summed E-state index contributed by atoms with van der Waals surface area (Å²) < 4.78 is 26.5. The molecule has 0 saturated carbocycles. The van der Waals surface area contributed by atoms with Gasteiger partial charge in [-0.3, -0.25) is 0 Å². The number of H-pyrrole nitrogens is 1. The van der Waals surface area contributed by atoms with E-state index in [2.05, 4.69) is 22.2 Å². The molecule has 1 heterocycles. The lowest BCUT2D eigenvalue weighted by atomic mass is 10.2. The maximum Gasteiger partial charge on any atom is 0.152 e. The molecule has 0 amide bonds. The van der Waals surface area contributed by atoms with Crippen LogP contribution in [0.5, 0.6) is 0 Å². The van der Waals surface area contributed by atoms with Gasteiger partial charge in [-0.1, -0.05) is 24.9 Å². The molecule has 108 valence electrons. The van der Waals surface area contributed by atoms with Crippen molar-refractivity contribution in [3.8, 4) is 0 Å². The van der Waals surface area contributed by atoms with E-state index in [0.29, 0.717) is 10.8 Å². The molecule has 6 heteroatoms. The predicted octanol–water partition coefficient (Wildman–Crippen LogP) is 4.30. The van der Waals surface area contributed by atoms with Gasteiger partial charge in [-0.05, 0) is 24.6 Å². The van der Waals surface area contributed by atoms with Gasteiger partial charge in [-0.2, -0.15) is 0 Å². The van der Waals surface area contributed by atoms with Crippen LogP contribution in [0.2, 0.25) is 5.15 Å². The molecule has 0 unspecified atom stereocenters. The summed E-state index contributed by atoms with van der Waals surface area (Å²) in [6.07, 6.45) is 2.92. The molecule has 0 aliphatic carbocycles. The second-order valence-corrected chi connectivity index (χ2v) is 4.89. The van der Waals surface area contributed by atoms with Crippen LogP contribution in [-0.4, -0.2) is 9.97 Å². The van der Waals surface area contributed by atoms with Gasteiger partial charge in [-0.15, -0.1) is 0 Å². The summed E-state index contributed by atoms with van der Waals surface area (Å²) in [6, 6.07) is 3.27. The third-order valence-corrected chi connectivity index (χ3v) is 3.24. The minimum atomic E-state index is -0.506. The molecule has 0 saturated heterocycles. The van der Waals surface area contributed by atoms with E-state index in [-0.39, 0.29) is 12.2 Å². The molecule has 0 aliphatic heterocycles. The Bertz CT molecular complexity index is 584. The summed E-state index contributed by atoms with van der Waals surface area (Å²) in [5.74, 6) is -0.185. The number of anilines is 1. The molecule has 1 aromatic heterocycles. The van der Waals surface area contributed by atoms with Gasteiger partial charge in [0.2, 0.25) is 0 Å². The van der Waals surface area contributed by atoms with E-state index in [0.717, 1.165) is 43.3 Å². The van der Waals surface area contributed by atoms with Crippen LogP contribution in [0.3, 0.4) is 0 Å². The molecule has 0 fully saturated rings. The van der Waals surface area contributed by atoms with Crippen molar-refractivity contribution in [2.75, 3.05) is 5.32 Å². The Hall–Kier alpha value is -1.62. The highest BCUT2D eigenvalue weighted by atomic mass is 35.5. The van der Waals surface area contributed by atoms with Crippen molar-refractivity contribution in [2.45, 2.75) is 32.7 Å². The van der Waals surface area contributed by atoms with Crippen molar-refractivity contribution in [3.63, 3.8) is 0 Å².